The molecule has 14 heavy (non-hydrogen) atoms. The summed E-state index contributed by atoms with van der Waals surface area (Å²) in [4.78, 5) is 9.24. The largest absolute Gasteiger partial charge is 0.480 e. The number of aliphatic carboxylic acids is 1. The third kappa shape index (κ3) is 17.4. The molecule has 0 rings (SSSR count). The van der Waals surface area contributed by atoms with Crippen LogP contribution in [-0.4, -0.2) is 53.3 Å². The minimum absolute atomic E-state index is 0.00667. The van der Waals surface area contributed by atoms with Crippen LogP contribution in [0.2, 0.25) is 0 Å². The molecule has 0 aromatic carbocycles. The first-order chi connectivity index (χ1) is 6.43. The van der Waals surface area contributed by atoms with Crippen LogP contribution in [0, 0.1) is 0 Å². The fraction of sp³-hybridized carbons (Fsp3) is 0.875. The van der Waals surface area contributed by atoms with E-state index >= 15 is 0 Å². The summed E-state index contributed by atoms with van der Waals surface area (Å²) in [6.07, 6.45) is -0.612. The smallest absolute Gasteiger partial charge is 0.317 e. The number of nitrogens with two attached hydrogens (primary N) is 1. The molecule has 0 fully saturated rings. The molecule has 0 amide bonds. The molecule has 0 aromatic heterocycles. The predicted molar refractivity (Wildman–Crippen MR) is 50.9 cm³/mol. The third-order valence-electron chi connectivity index (χ3n) is 1.05. The second kappa shape index (κ2) is 10.4. The van der Waals surface area contributed by atoms with E-state index in [9.17, 15) is 4.79 Å². The number of carbonyl (C=O) groups is 1. The van der Waals surface area contributed by atoms with E-state index in [0.717, 1.165) is 0 Å². The highest BCUT2D eigenvalue weighted by Gasteiger charge is 2.00. The second-order valence-electron chi connectivity index (χ2n) is 2.77. The monoisotopic (exact) mass is 209 g/mol. The van der Waals surface area contributed by atoms with E-state index in [1.807, 2.05) is 0 Å². The van der Waals surface area contributed by atoms with Gasteiger partial charge in [0, 0.05) is 0 Å². The topological polar surface area (TPSA) is 113 Å². The molecule has 2 unspecified atom stereocenters. The number of rotatable bonds is 5. The Kier molecular flexibility index (Phi) is 11.7. The van der Waals surface area contributed by atoms with Gasteiger partial charge in [-0.05, 0) is 13.8 Å². The van der Waals surface area contributed by atoms with Crippen molar-refractivity contribution in [2.75, 3.05) is 19.8 Å². The summed E-state index contributed by atoms with van der Waals surface area (Å²) in [7, 11) is 0. The van der Waals surface area contributed by atoms with Crippen LogP contribution in [-0.2, 0) is 9.53 Å². The predicted octanol–water partition coefficient (Wildman–Crippen LogP) is -1.21. The molecule has 0 aliphatic rings. The zero-order chi connectivity index (χ0) is 11.6. The van der Waals surface area contributed by atoms with Crippen LogP contribution < -0.4 is 5.73 Å². The van der Waals surface area contributed by atoms with E-state index in [4.69, 9.17) is 20.1 Å². The van der Waals surface area contributed by atoms with Gasteiger partial charge in [0.05, 0.1) is 32.0 Å². The maximum atomic E-state index is 9.24. The minimum atomic E-state index is -0.968. The minimum Gasteiger partial charge on any atom is -0.480 e. The normalized spacial score (nSPS) is 13.8. The van der Waals surface area contributed by atoms with Crippen LogP contribution in [0.3, 0.4) is 0 Å². The fourth-order valence-corrected chi connectivity index (χ4v) is 0.356. The summed E-state index contributed by atoms with van der Waals surface area (Å²) < 4.78 is 4.95. The van der Waals surface area contributed by atoms with E-state index in [0.29, 0.717) is 6.61 Å². The Hall–Kier alpha value is -0.690. The van der Waals surface area contributed by atoms with Gasteiger partial charge < -0.3 is 25.8 Å². The zero-order valence-electron chi connectivity index (χ0n) is 8.51. The van der Waals surface area contributed by atoms with Gasteiger partial charge in [0.15, 0.2) is 0 Å². The van der Waals surface area contributed by atoms with E-state index in [-0.39, 0.29) is 19.3 Å². The highest BCUT2D eigenvalue weighted by atomic mass is 16.5. The van der Waals surface area contributed by atoms with Crippen molar-refractivity contribution in [1.82, 2.24) is 0 Å². The Morgan fingerprint density at radius 2 is 1.93 bits per heavy atom. The molecule has 0 bridgehead atoms. The zero-order valence-corrected chi connectivity index (χ0v) is 8.51. The summed E-state index contributed by atoms with van der Waals surface area (Å²) in [5, 5.41) is 24.7. The number of carboxylic acid groups (broad SMARTS) is 1. The molecule has 0 aromatic rings. The van der Waals surface area contributed by atoms with Gasteiger partial charge in [-0.3, -0.25) is 4.79 Å². The molecule has 6 nitrogen and oxygen atoms in total. The van der Waals surface area contributed by atoms with Crippen molar-refractivity contribution in [3.63, 3.8) is 0 Å². The van der Waals surface area contributed by atoms with Crippen LogP contribution in [0.1, 0.15) is 13.8 Å². The molecule has 86 valence electrons. The van der Waals surface area contributed by atoms with Crippen LogP contribution in [0.15, 0.2) is 0 Å². The van der Waals surface area contributed by atoms with Crippen LogP contribution in [0.5, 0.6) is 0 Å². The number of ether oxygens (including phenoxy) is 1. The number of hydrogen-bond donors (Lipinski definition) is 4. The molecule has 2 atom stereocenters. The Morgan fingerprint density at radius 3 is 2.14 bits per heavy atom. The molecular formula is C8H19NO5. The number of aliphatic hydroxyl groups excluding tert-OH is 2. The highest BCUT2D eigenvalue weighted by Crippen LogP contribution is 1.90. The first-order valence-electron chi connectivity index (χ1n) is 4.26. The van der Waals surface area contributed by atoms with Crippen molar-refractivity contribution in [2.45, 2.75) is 26.1 Å². The molecule has 0 saturated heterocycles. The Bertz CT molecular complexity index is 140. The van der Waals surface area contributed by atoms with Gasteiger partial charge in [-0.1, -0.05) is 0 Å². The maximum Gasteiger partial charge on any atom is 0.317 e. The summed E-state index contributed by atoms with van der Waals surface area (Å²) in [5.74, 6) is -0.968. The van der Waals surface area contributed by atoms with Gasteiger partial charge >= 0.3 is 5.97 Å². The van der Waals surface area contributed by atoms with Gasteiger partial charge in [0.2, 0.25) is 0 Å². The van der Waals surface area contributed by atoms with Crippen LogP contribution >= 0.6 is 0 Å². The summed E-state index contributed by atoms with van der Waals surface area (Å²) in [6, 6.07) is 0. The lowest BCUT2D eigenvalue weighted by molar-refractivity contribution is -0.135. The average molecular weight is 209 g/mol. The van der Waals surface area contributed by atoms with E-state index in [1.165, 1.54) is 0 Å². The molecule has 0 spiro atoms. The molecule has 6 heteroatoms. The number of carboxylic acids is 1. The van der Waals surface area contributed by atoms with Crippen molar-refractivity contribution in [3.05, 3.63) is 0 Å². The molecule has 0 heterocycles. The quantitative estimate of drug-likeness (QED) is 0.452. The number of hydrogen-bond acceptors (Lipinski definition) is 5. The fourth-order valence-electron chi connectivity index (χ4n) is 0.356. The lowest BCUT2D eigenvalue weighted by Crippen LogP contribution is -2.19. The Labute approximate surface area is 83.3 Å². The lowest BCUT2D eigenvalue weighted by Gasteiger charge is -2.10. The molecule has 0 saturated carbocycles. The average Bonchev–Trinajstić information content (AvgIpc) is 2.14. The summed E-state index contributed by atoms with van der Waals surface area (Å²) in [5.41, 5.74) is 4.57. The van der Waals surface area contributed by atoms with Gasteiger partial charge in [-0.2, -0.15) is 0 Å². The van der Waals surface area contributed by atoms with Crippen LogP contribution in [0.25, 0.3) is 0 Å². The van der Waals surface area contributed by atoms with Crippen molar-refractivity contribution >= 4 is 5.97 Å². The van der Waals surface area contributed by atoms with Crippen molar-refractivity contribution in [2.24, 2.45) is 5.73 Å². The molecule has 0 aliphatic carbocycles. The van der Waals surface area contributed by atoms with Crippen LogP contribution in [0.4, 0.5) is 0 Å². The number of aliphatic hydroxyl groups is 2. The van der Waals surface area contributed by atoms with Crippen molar-refractivity contribution < 1.29 is 24.9 Å². The lowest BCUT2D eigenvalue weighted by atomic mass is 10.4. The van der Waals surface area contributed by atoms with E-state index < -0.39 is 12.1 Å². The summed E-state index contributed by atoms with van der Waals surface area (Å²) in [6.45, 7) is 3.42. The second-order valence-corrected chi connectivity index (χ2v) is 2.77. The standard InChI is InChI=1S/C6H14O3.C2H5NO2/c1-5(8)4-9-6(2)3-7;3-1-2(4)5/h5-8H,3-4H2,1-2H3;1,3H2,(H,4,5). The maximum absolute atomic E-state index is 9.24. The van der Waals surface area contributed by atoms with Gasteiger partial charge in [0.25, 0.3) is 0 Å². The van der Waals surface area contributed by atoms with Crippen molar-refractivity contribution in [3.8, 4) is 0 Å². The first kappa shape index (κ1) is 15.8. The first-order valence-corrected chi connectivity index (χ1v) is 4.26. The summed E-state index contributed by atoms with van der Waals surface area (Å²) >= 11 is 0. The van der Waals surface area contributed by atoms with Gasteiger partial charge in [0.1, 0.15) is 0 Å². The van der Waals surface area contributed by atoms with Crippen molar-refractivity contribution in [1.29, 1.82) is 0 Å². The van der Waals surface area contributed by atoms with Gasteiger partial charge in [-0.25, -0.2) is 0 Å². The van der Waals surface area contributed by atoms with Gasteiger partial charge in [-0.15, -0.1) is 0 Å². The molecule has 0 radical (unpaired) electrons. The molecule has 0 aliphatic heterocycles. The van der Waals surface area contributed by atoms with E-state index in [1.54, 1.807) is 13.8 Å². The Balaban J connectivity index is 0. The highest BCUT2D eigenvalue weighted by molar-refractivity contribution is 5.68. The molecule has 5 N–H and O–H groups in total. The molecular weight excluding hydrogens is 190 g/mol. The van der Waals surface area contributed by atoms with E-state index in [2.05, 4.69) is 5.73 Å². The Morgan fingerprint density at radius 1 is 1.50 bits per heavy atom. The third-order valence-corrected chi connectivity index (χ3v) is 1.05. The SMILES string of the molecule is CC(O)COC(C)CO.NCC(=O)O.